The number of aromatic amines is 1. The van der Waals surface area contributed by atoms with Crippen molar-refractivity contribution in [3.8, 4) is 0 Å². The van der Waals surface area contributed by atoms with Gasteiger partial charge < -0.3 is 50.3 Å². The van der Waals surface area contributed by atoms with Gasteiger partial charge in [-0.25, -0.2) is 23.3 Å². The van der Waals surface area contributed by atoms with E-state index >= 15 is 0 Å². The van der Waals surface area contributed by atoms with Crippen molar-refractivity contribution in [2.45, 2.75) is 49.1 Å². The van der Waals surface area contributed by atoms with Crippen LogP contribution in [0.4, 0.5) is 5.82 Å². The summed E-state index contributed by atoms with van der Waals surface area (Å²) in [6.45, 7) is -2.23. The fourth-order valence-electron chi connectivity index (χ4n) is 4.10. The Bertz CT molecular complexity index is 1710. The number of nitrogens with two attached hydrogens (primary N) is 1. The Morgan fingerprint density at radius 3 is 1.71 bits per heavy atom. The summed E-state index contributed by atoms with van der Waals surface area (Å²) in [6, 6.07) is 2.07. The molecular formula is C18H26N5O19P3. The van der Waals surface area contributed by atoms with Crippen LogP contribution >= 0.6 is 23.5 Å². The normalized spacial score (nSPS) is 32.5. The highest BCUT2D eigenvalue weighted by Gasteiger charge is 2.48. The highest BCUT2D eigenvalue weighted by Crippen LogP contribution is 2.67. The molecule has 0 saturated carbocycles. The van der Waals surface area contributed by atoms with E-state index in [1.807, 2.05) is 4.98 Å². The number of phosphoric acid groups is 3. The third kappa shape index (κ3) is 8.47. The van der Waals surface area contributed by atoms with Gasteiger partial charge in [0.1, 0.15) is 42.4 Å². The first kappa shape index (κ1) is 35.4. The Morgan fingerprint density at radius 1 is 0.778 bits per heavy atom. The van der Waals surface area contributed by atoms with Crippen molar-refractivity contribution < 1.29 is 75.9 Å². The number of rotatable bonds is 12. The monoisotopic (exact) mass is 709 g/mol. The number of H-pyrrole nitrogens is 1. The molecule has 11 atom stereocenters. The van der Waals surface area contributed by atoms with Gasteiger partial charge in [0.2, 0.25) is 0 Å². The standard InChI is InChI=1S/C18H26N5O19P3/c19-9-1-3-22(17(29)20-9)15-13(27)11(25)7(39-15)5-37-43(31,32)41-45(35,36)42-44(33,34)38-6-8-12(26)14(28)16(40-8)23-4-2-10(24)21-18(23)30/h1-4,7-8,11-16,25-28H,5-6H2,(H,31,32)(H,33,34)(H,35,36)(H2,19,20,29)(H,21,24,30)/t7-,8-,11-,12-,13-,14-,15-,16-/m1/s1. The van der Waals surface area contributed by atoms with Crippen LogP contribution in [-0.2, 0) is 40.8 Å². The average molecular weight is 709 g/mol. The minimum absolute atomic E-state index is 0.159. The fourth-order valence-corrected chi connectivity index (χ4v) is 7.62. The minimum Gasteiger partial charge on any atom is -0.387 e. The molecule has 45 heavy (non-hydrogen) atoms. The maximum absolute atomic E-state index is 12.2. The Hall–Kier alpha value is -2.47. The smallest absolute Gasteiger partial charge is 0.387 e. The van der Waals surface area contributed by atoms with Gasteiger partial charge in [0.15, 0.2) is 12.5 Å². The molecule has 2 saturated heterocycles. The second-order valence-electron chi connectivity index (χ2n) is 9.31. The number of nitrogens with one attached hydrogen (secondary N) is 1. The number of hydrogen-bond acceptors (Lipinski definition) is 18. The molecule has 2 aromatic rings. The van der Waals surface area contributed by atoms with E-state index in [2.05, 4.69) is 22.7 Å². The molecule has 0 amide bonds. The number of hydrogen-bond donors (Lipinski definition) is 9. The number of nitrogens with zero attached hydrogens (tertiary/aromatic N) is 3. The van der Waals surface area contributed by atoms with Gasteiger partial charge in [0.25, 0.3) is 5.56 Å². The summed E-state index contributed by atoms with van der Waals surface area (Å²) in [6.07, 6.45) is -11.8. The summed E-state index contributed by atoms with van der Waals surface area (Å²) in [5.41, 5.74) is 2.58. The molecule has 2 aliphatic rings. The van der Waals surface area contributed by atoms with Crippen molar-refractivity contribution in [2.24, 2.45) is 0 Å². The Kier molecular flexibility index (Phi) is 10.5. The molecule has 10 N–H and O–H groups in total. The quantitative estimate of drug-likeness (QED) is 0.0947. The van der Waals surface area contributed by atoms with Gasteiger partial charge in [0, 0.05) is 18.5 Å². The molecule has 27 heteroatoms. The predicted octanol–water partition coefficient (Wildman–Crippen LogP) is -4.02. The van der Waals surface area contributed by atoms with Gasteiger partial charge in [-0.2, -0.15) is 13.6 Å². The number of ether oxygens (including phenoxy) is 2. The molecule has 24 nitrogen and oxygen atoms in total. The van der Waals surface area contributed by atoms with E-state index in [-0.39, 0.29) is 5.82 Å². The minimum atomic E-state index is -5.98. The van der Waals surface area contributed by atoms with Gasteiger partial charge in [-0.3, -0.25) is 28.0 Å². The average Bonchev–Trinajstić information content (AvgIpc) is 3.35. The largest absolute Gasteiger partial charge is 0.490 e. The maximum atomic E-state index is 12.2. The van der Waals surface area contributed by atoms with E-state index in [9.17, 15) is 63.2 Å². The fraction of sp³-hybridized carbons (Fsp3) is 0.556. The van der Waals surface area contributed by atoms with Gasteiger partial charge in [-0.15, -0.1) is 0 Å². The topological polar surface area (TPSA) is 364 Å². The summed E-state index contributed by atoms with van der Waals surface area (Å²) in [5.74, 6) is -0.159. The molecular weight excluding hydrogens is 683 g/mol. The Morgan fingerprint density at radius 2 is 1.24 bits per heavy atom. The van der Waals surface area contributed by atoms with Crippen molar-refractivity contribution in [1.29, 1.82) is 0 Å². The van der Waals surface area contributed by atoms with E-state index in [0.717, 1.165) is 23.0 Å². The number of aromatic nitrogens is 4. The lowest BCUT2D eigenvalue weighted by atomic mass is 10.1. The SMILES string of the molecule is Nc1ccn([C@@H]2O[C@H](COP(=O)(O)OP(=O)(O)OP(=O)(O)OC[C@H]3O[C@@H](n4ccc(=O)[nH]c4=O)[C@H](O)[C@@H]3O)[C@@H](O)[C@H]2O)c(=O)n1. The van der Waals surface area contributed by atoms with Crippen LogP contribution in [0, 0.1) is 0 Å². The van der Waals surface area contributed by atoms with Crippen molar-refractivity contribution in [3.05, 3.63) is 55.8 Å². The van der Waals surface area contributed by atoms with Gasteiger partial charge in [0.05, 0.1) is 13.2 Å². The van der Waals surface area contributed by atoms with Crippen molar-refractivity contribution >= 4 is 29.3 Å². The summed E-state index contributed by atoms with van der Waals surface area (Å²) >= 11 is 0. The third-order valence-electron chi connectivity index (χ3n) is 6.14. The lowest BCUT2D eigenvalue weighted by Crippen LogP contribution is -2.37. The lowest BCUT2D eigenvalue weighted by Gasteiger charge is -2.21. The summed E-state index contributed by atoms with van der Waals surface area (Å²) in [5, 5.41) is 40.8. The molecule has 2 aromatic heterocycles. The molecule has 4 heterocycles. The maximum Gasteiger partial charge on any atom is 0.490 e. The molecule has 2 aliphatic heterocycles. The van der Waals surface area contributed by atoms with Gasteiger partial charge in [-0.1, -0.05) is 0 Å². The molecule has 0 spiro atoms. The molecule has 2 fully saturated rings. The lowest BCUT2D eigenvalue weighted by molar-refractivity contribution is -0.0548. The Labute approximate surface area is 248 Å². The third-order valence-corrected chi connectivity index (χ3v) is 10.4. The molecule has 0 aromatic carbocycles. The molecule has 0 radical (unpaired) electrons. The highest BCUT2D eigenvalue weighted by atomic mass is 31.3. The number of aliphatic hydroxyl groups is 4. The van der Waals surface area contributed by atoms with Gasteiger partial charge >= 0.3 is 34.8 Å². The number of phosphoric ester groups is 2. The second kappa shape index (κ2) is 13.3. The summed E-state index contributed by atoms with van der Waals surface area (Å²) < 4.78 is 65.4. The van der Waals surface area contributed by atoms with Crippen molar-refractivity contribution in [1.82, 2.24) is 19.1 Å². The van der Waals surface area contributed by atoms with E-state index in [1.54, 1.807) is 0 Å². The van der Waals surface area contributed by atoms with E-state index in [0.29, 0.717) is 4.57 Å². The first-order chi connectivity index (χ1) is 20.8. The van der Waals surface area contributed by atoms with Crippen LogP contribution in [0.3, 0.4) is 0 Å². The number of anilines is 1. The molecule has 3 unspecified atom stereocenters. The zero-order valence-corrected chi connectivity index (χ0v) is 24.8. The van der Waals surface area contributed by atoms with E-state index < -0.39 is 103 Å². The van der Waals surface area contributed by atoms with Crippen LogP contribution in [0.25, 0.3) is 0 Å². The zero-order chi connectivity index (χ0) is 33.5. The second-order valence-corrected chi connectivity index (χ2v) is 13.9. The molecule has 0 bridgehead atoms. The van der Waals surface area contributed by atoms with E-state index in [1.165, 1.54) is 6.07 Å². The summed E-state index contributed by atoms with van der Waals surface area (Å²) in [4.78, 5) is 69.9. The highest BCUT2D eigenvalue weighted by molar-refractivity contribution is 7.66. The van der Waals surface area contributed by atoms with Crippen LogP contribution in [0.2, 0.25) is 0 Å². The summed E-state index contributed by atoms with van der Waals surface area (Å²) in [7, 11) is -17.3. The number of aliphatic hydroxyl groups excluding tert-OH is 4. The molecule has 0 aliphatic carbocycles. The number of nitrogen functional groups attached to an aromatic ring is 1. The first-order valence-electron chi connectivity index (χ1n) is 12.2. The van der Waals surface area contributed by atoms with E-state index in [4.69, 9.17) is 15.2 Å². The zero-order valence-electron chi connectivity index (χ0n) is 22.1. The van der Waals surface area contributed by atoms with Gasteiger partial charge in [-0.05, 0) is 6.07 Å². The van der Waals surface area contributed by atoms with Crippen molar-refractivity contribution in [3.63, 3.8) is 0 Å². The van der Waals surface area contributed by atoms with Crippen LogP contribution in [0.15, 0.2) is 38.9 Å². The van der Waals surface area contributed by atoms with Crippen LogP contribution in [-0.4, -0.2) is 104 Å². The van der Waals surface area contributed by atoms with Crippen LogP contribution in [0.1, 0.15) is 12.5 Å². The van der Waals surface area contributed by atoms with Crippen LogP contribution in [0.5, 0.6) is 0 Å². The molecule has 252 valence electrons. The Balaban J connectivity index is 1.31. The predicted molar refractivity (Wildman–Crippen MR) is 140 cm³/mol. The van der Waals surface area contributed by atoms with Crippen LogP contribution < -0.4 is 22.7 Å². The van der Waals surface area contributed by atoms with Crippen molar-refractivity contribution in [2.75, 3.05) is 18.9 Å². The molecule has 4 rings (SSSR count). The first-order valence-corrected chi connectivity index (χ1v) is 16.7.